The SMILES string of the molecule is COc1cccc(/C=C(\NC(=O)c2ccccc2)C(=O)Nc2ccc(SC(C(=O)Nc3ccc(O)c(C(=O)O)c3)c3ccccc3)cc2)c1OC. The number of benzene rings is 5. The molecule has 0 spiro atoms. The first-order valence-corrected chi connectivity index (χ1v) is 16.3. The molecule has 0 bridgehead atoms. The fraction of sp³-hybridized carbons (Fsp3) is 0.0769. The summed E-state index contributed by atoms with van der Waals surface area (Å²) in [5, 5.41) is 26.8. The second-order valence-corrected chi connectivity index (χ2v) is 12.1. The molecule has 258 valence electrons. The number of aromatic carboxylic acids is 1. The summed E-state index contributed by atoms with van der Waals surface area (Å²) >= 11 is 1.25. The summed E-state index contributed by atoms with van der Waals surface area (Å²) in [6, 6.07) is 33.3. The third kappa shape index (κ3) is 9.13. The van der Waals surface area contributed by atoms with Crippen LogP contribution in [0.1, 0.15) is 37.1 Å². The van der Waals surface area contributed by atoms with Crippen molar-refractivity contribution >= 4 is 52.9 Å². The lowest BCUT2D eigenvalue weighted by Gasteiger charge is -2.18. The van der Waals surface area contributed by atoms with E-state index in [1.54, 1.807) is 97.1 Å². The lowest BCUT2D eigenvalue weighted by Crippen LogP contribution is -2.30. The zero-order valence-electron chi connectivity index (χ0n) is 27.5. The minimum Gasteiger partial charge on any atom is -0.507 e. The molecular weight excluding hydrogens is 671 g/mol. The van der Waals surface area contributed by atoms with Crippen LogP contribution in [0.15, 0.2) is 132 Å². The number of methoxy groups -OCH3 is 2. The zero-order valence-corrected chi connectivity index (χ0v) is 28.3. The van der Waals surface area contributed by atoms with Gasteiger partial charge in [0.2, 0.25) is 5.91 Å². The lowest BCUT2D eigenvalue weighted by molar-refractivity contribution is -0.116. The normalized spacial score (nSPS) is 11.5. The van der Waals surface area contributed by atoms with Gasteiger partial charge in [0.1, 0.15) is 22.3 Å². The highest BCUT2D eigenvalue weighted by Crippen LogP contribution is 2.37. The van der Waals surface area contributed by atoms with Gasteiger partial charge in [-0.25, -0.2) is 4.79 Å². The van der Waals surface area contributed by atoms with Crippen molar-refractivity contribution in [3.8, 4) is 17.2 Å². The molecule has 0 aromatic heterocycles. The molecule has 0 aliphatic heterocycles. The highest BCUT2D eigenvalue weighted by atomic mass is 32.2. The molecule has 5 aromatic rings. The molecule has 0 fully saturated rings. The van der Waals surface area contributed by atoms with Crippen LogP contribution < -0.4 is 25.4 Å². The molecule has 5 N–H and O–H groups in total. The van der Waals surface area contributed by atoms with Gasteiger partial charge in [0.15, 0.2) is 11.5 Å². The molecule has 0 saturated heterocycles. The van der Waals surface area contributed by atoms with Gasteiger partial charge in [0, 0.05) is 27.4 Å². The summed E-state index contributed by atoms with van der Waals surface area (Å²) < 4.78 is 10.9. The van der Waals surface area contributed by atoms with Crippen LogP contribution >= 0.6 is 11.8 Å². The largest absolute Gasteiger partial charge is 0.507 e. The van der Waals surface area contributed by atoms with E-state index in [-0.39, 0.29) is 16.9 Å². The minimum absolute atomic E-state index is 0.0463. The summed E-state index contributed by atoms with van der Waals surface area (Å²) in [4.78, 5) is 52.5. The Kier molecular flexibility index (Phi) is 11.7. The predicted molar refractivity (Wildman–Crippen MR) is 195 cm³/mol. The second-order valence-electron chi connectivity index (χ2n) is 10.9. The number of carbonyl (C=O) groups is 4. The maximum Gasteiger partial charge on any atom is 0.339 e. The highest BCUT2D eigenvalue weighted by molar-refractivity contribution is 8.00. The number of rotatable bonds is 13. The van der Waals surface area contributed by atoms with Crippen LogP contribution in [0.3, 0.4) is 0 Å². The highest BCUT2D eigenvalue weighted by Gasteiger charge is 2.24. The first-order valence-electron chi connectivity index (χ1n) is 15.5. The van der Waals surface area contributed by atoms with Crippen molar-refractivity contribution in [2.75, 3.05) is 24.9 Å². The van der Waals surface area contributed by atoms with Gasteiger partial charge in [-0.2, -0.15) is 0 Å². The minimum atomic E-state index is -1.33. The van der Waals surface area contributed by atoms with Crippen LogP contribution in [0.5, 0.6) is 17.2 Å². The summed E-state index contributed by atoms with van der Waals surface area (Å²) in [5.41, 5.74) is 1.81. The molecule has 1 atom stereocenters. The Labute approximate surface area is 297 Å². The summed E-state index contributed by atoms with van der Waals surface area (Å²) in [6.07, 6.45) is 1.50. The molecule has 1 unspecified atom stereocenters. The summed E-state index contributed by atoms with van der Waals surface area (Å²) in [5.74, 6) is -2.41. The molecule has 5 aromatic carbocycles. The number of carboxylic acid groups (broad SMARTS) is 1. The van der Waals surface area contributed by atoms with Crippen LogP contribution in [0.4, 0.5) is 11.4 Å². The second kappa shape index (κ2) is 16.7. The number of para-hydroxylation sites is 1. The number of carbonyl (C=O) groups excluding carboxylic acids is 3. The third-order valence-electron chi connectivity index (χ3n) is 7.46. The van der Waals surface area contributed by atoms with E-state index in [1.807, 2.05) is 6.07 Å². The monoisotopic (exact) mass is 703 g/mol. The predicted octanol–water partition coefficient (Wildman–Crippen LogP) is 6.99. The van der Waals surface area contributed by atoms with Crippen molar-refractivity contribution in [2.45, 2.75) is 10.1 Å². The Morgan fingerprint density at radius 1 is 0.745 bits per heavy atom. The van der Waals surface area contributed by atoms with Gasteiger partial charge >= 0.3 is 5.97 Å². The number of nitrogens with one attached hydrogen (secondary N) is 3. The molecule has 0 aliphatic carbocycles. The number of hydrogen-bond donors (Lipinski definition) is 5. The number of phenols is 1. The maximum absolute atomic E-state index is 13.7. The fourth-order valence-electron chi connectivity index (χ4n) is 4.97. The van der Waals surface area contributed by atoms with E-state index in [4.69, 9.17) is 9.47 Å². The van der Waals surface area contributed by atoms with Crippen molar-refractivity contribution in [1.82, 2.24) is 5.32 Å². The molecule has 0 saturated carbocycles. The van der Waals surface area contributed by atoms with Crippen LogP contribution in [-0.2, 0) is 9.59 Å². The number of hydrogen-bond acceptors (Lipinski definition) is 8. The zero-order chi connectivity index (χ0) is 36.3. The molecule has 0 aliphatic rings. The van der Waals surface area contributed by atoms with Gasteiger partial charge in [-0.05, 0) is 72.3 Å². The van der Waals surface area contributed by atoms with E-state index in [0.29, 0.717) is 38.8 Å². The topological polar surface area (TPSA) is 163 Å². The number of ether oxygens (including phenoxy) is 2. The van der Waals surface area contributed by atoms with Gasteiger partial charge in [0.25, 0.3) is 11.8 Å². The smallest absolute Gasteiger partial charge is 0.339 e. The molecule has 5 rings (SSSR count). The Balaban J connectivity index is 1.37. The van der Waals surface area contributed by atoms with Crippen LogP contribution in [0.25, 0.3) is 6.08 Å². The standard InChI is InChI=1S/C39H33N3O8S/c1-49-33-15-9-14-26(34(33)50-2)22-31(42-36(44)25-12-7-4-8-13-25)37(45)40-27-16-19-29(20-17-27)51-35(24-10-5-3-6-11-24)38(46)41-28-18-21-32(43)30(23-28)39(47)48/h3-23,35,43H,1-2H3,(H,40,45)(H,41,46)(H,42,44)(H,47,48)/b31-22-. The molecule has 0 radical (unpaired) electrons. The molecule has 3 amide bonds. The van der Waals surface area contributed by atoms with Gasteiger partial charge in [-0.3, -0.25) is 14.4 Å². The van der Waals surface area contributed by atoms with Crippen molar-refractivity contribution in [3.05, 3.63) is 149 Å². The average molecular weight is 704 g/mol. The molecule has 12 heteroatoms. The average Bonchev–Trinajstić information content (AvgIpc) is 3.15. The Bertz CT molecular complexity index is 2070. The number of carboxylic acids is 1. The van der Waals surface area contributed by atoms with Crippen molar-refractivity contribution in [1.29, 1.82) is 0 Å². The van der Waals surface area contributed by atoms with Crippen molar-refractivity contribution < 1.29 is 38.9 Å². The quantitative estimate of drug-likeness (QED) is 0.0494. The van der Waals surface area contributed by atoms with E-state index in [0.717, 1.165) is 0 Å². The third-order valence-corrected chi connectivity index (χ3v) is 8.73. The molecular formula is C39H33N3O8S. The molecule has 11 nitrogen and oxygen atoms in total. The van der Waals surface area contributed by atoms with Gasteiger partial charge < -0.3 is 35.6 Å². The number of amides is 3. The lowest BCUT2D eigenvalue weighted by atomic mass is 10.1. The maximum atomic E-state index is 13.7. The van der Waals surface area contributed by atoms with Crippen molar-refractivity contribution in [3.63, 3.8) is 0 Å². The fourth-order valence-corrected chi connectivity index (χ4v) is 5.99. The van der Waals surface area contributed by atoms with Crippen LogP contribution in [0.2, 0.25) is 0 Å². The Hall–Kier alpha value is -6.53. The van der Waals surface area contributed by atoms with E-state index in [9.17, 15) is 29.4 Å². The number of anilines is 2. The summed E-state index contributed by atoms with van der Waals surface area (Å²) in [7, 11) is 2.98. The summed E-state index contributed by atoms with van der Waals surface area (Å²) in [6.45, 7) is 0. The molecule has 0 heterocycles. The molecule has 51 heavy (non-hydrogen) atoms. The van der Waals surface area contributed by atoms with Crippen LogP contribution in [-0.4, -0.2) is 48.1 Å². The van der Waals surface area contributed by atoms with E-state index < -0.39 is 34.7 Å². The first-order chi connectivity index (χ1) is 24.7. The van der Waals surface area contributed by atoms with E-state index in [1.165, 1.54) is 50.3 Å². The first kappa shape index (κ1) is 35.8. The number of thioether (sulfide) groups is 1. The Morgan fingerprint density at radius 3 is 2.06 bits per heavy atom. The van der Waals surface area contributed by atoms with Gasteiger partial charge in [0.05, 0.1) is 14.2 Å². The van der Waals surface area contributed by atoms with Crippen molar-refractivity contribution in [2.24, 2.45) is 0 Å². The van der Waals surface area contributed by atoms with Gasteiger partial charge in [-0.15, -0.1) is 11.8 Å². The van der Waals surface area contributed by atoms with Gasteiger partial charge in [-0.1, -0.05) is 60.7 Å². The Morgan fingerprint density at radius 2 is 1.41 bits per heavy atom. The van der Waals surface area contributed by atoms with Crippen LogP contribution in [0, 0.1) is 0 Å². The van der Waals surface area contributed by atoms with E-state index in [2.05, 4.69) is 16.0 Å². The van der Waals surface area contributed by atoms with E-state index >= 15 is 0 Å². The number of aromatic hydroxyl groups is 1.